The lowest BCUT2D eigenvalue weighted by Crippen LogP contribution is -2.16. The van der Waals surface area contributed by atoms with E-state index in [1.54, 1.807) is 0 Å². The lowest BCUT2D eigenvalue weighted by atomic mass is 10.1. The predicted octanol–water partition coefficient (Wildman–Crippen LogP) is 2.65. The molecule has 0 fully saturated rings. The molecule has 0 bridgehead atoms. The Hall–Kier alpha value is -3.22. The maximum Gasteiger partial charge on any atom is 0.339 e. The summed E-state index contributed by atoms with van der Waals surface area (Å²) < 4.78 is 22.5. The first-order valence-electron chi connectivity index (χ1n) is 6.84. The van der Waals surface area contributed by atoms with Crippen molar-refractivity contribution >= 4 is 23.5 Å². The molecule has 7 heteroatoms. The van der Waals surface area contributed by atoms with Crippen molar-refractivity contribution in [1.29, 1.82) is 0 Å². The smallest absolute Gasteiger partial charge is 0.339 e. The second-order valence-corrected chi connectivity index (χ2v) is 4.71. The van der Waals surface area contributed by atoms with Crippen molar-refractivity contribution in [3.8, 4) is 0 Å². The van der Waals surface area contributed by atoms with Gasteiger partial charge in [-0.2, -0.15) is 0 Å². The highest BCUT2D eigenvalue weighted by Crippen LogP contribution is 2.21. The van der Waals surface area contributed by atoms with E-state index in [-0.39, 0.29) is 22.4 Å². The number of rotatable bonds is 4. The highest BCUT2D eigenvalue weighted by atomic mass is 19.1. The molecule has 2 rings (SSSR count). The second kappa shape index (κ2) is 7.36. The Kier molecular flexibility index (Phi) is 5.26. The van der Waals surface area contributed by atoms with Crippen molar-refractivity contribution in [2.75, 3.05) is 19.5 Å². The molecule has 124 valence electrons. The summed E-state index contributed by atoms with van der Waals surface area (Å²) in [6.07, 6.45) is 0. The number of halogens is 1. The minimum absolute atomic E-state index is 0.0508. The van der Waals surface area contributed by atoms with Crippen LogP contribution in [0.3, 0.4) is 0 Å². The molecule has 0 atom stereocenters. The van der Waals surface area contributed by atoms with Crippen LogP contribution in [0.2, 0.25) is 0 Å². The number of esters is 2. The van der Waals surface area contributed by atoms with Crippen LogP contribution in [-0.2, 0) is 9.47 Å². The molecule has 0 saturated heterocycles. The van der Waals surface area contributed by atoms with Gasteiger partial charge in [-0.05, 0) is 36.4 Å². The van der Waals surface area contributed by atoms with E-state index in [9.17, 15) is 18.8 Å². The zero-order valence-corrected chi connectivity index (χ0v) is 13.0. The zero-order valence-electron chi connectivity index (χ0n) is 13.0. The minimum atomic E-state index is -0.694. The third-order valence-corrected chi connectivity index (χ3v) is 3.18. The highest BCUT2D eigenvalue weighted by molar-refractivity contribution is 6.09. The average molecular weight is 331 g/mol. The first kappa shape index (κ1) is 17.1. The molecule has 0 aliphatic carbocycles. The van der Waals surface area contributed by atoms with Crippen LogP contribution in [0, 0.1) is 5.82 Å². The number of nitrogens with one attached hydrogen (secondary N) is 1. The molecule has 0 saturated carbocycles. The number of carbonyl (C=O) groups is 3. The molecule has 0 unspecified atom stereocenters. The third kappa shape index (κ3) is 3.75. The molecule has 24 heavy (non-hydrogen) atoms. The van der Waals surface area contributed by atoms with Crippen molar-refractivity contribution in [3.63, 3.8) is 0 Å². The molecule has 0 aliphatic heterocycles. The van der Waals surface area contributed by atoms with Gasteiger partial charge in [0.15, 0.2) is 0 Å². The van der Waals surface area contributed by atoms with Gasteiger partial charge < -0.3 is 14.8 Å². The summed E-state index contributed by atoms with van der Waals surface area (Å²) in [5.74, 6) is -2.53. The first-order chi connectivity index (χ1) is 11.5. The number of anilines is 1. The van der Waals surface area contributed by atoms with Gasteiger partial charge in [0.05, 0.1) is 31.0 Å². The van der Waals surface area contributed by atoms with Gasteiger partial charge in [-0.3, -0.25) is 4.79 Å². The number of benzene rings is 2. The zero-order chi connectivity index (χ0) is 17.7. The molecule has 2 aromatic carbocycles. The average Bonchev–Trinajstić information content (AvgIpc) is 2.60. The topological polar surface area (TPSA) is 81.7 Å². The molecular formula is C17H14FNO5. The number of hydrogen-bond donors (Lipinski definition) is 1. The Bertz CT molecular complexity index is 803. The normalized spacial score (nSPS) is 9.96. The molecule has 2 aromatic rings. The van der Waals surface area contributed by atoms with Crippen molar-refractivity contribution in [1.82, 2.24) is 0 Å². The van der Waals surface area contributed by atoms with Crippen LogP contribution in [0.4, 0.5) is 10.1 Å². The van der Waals surface area contributed by atoms with Gasteiger partial charge >= 0.3 is 11.9 Å². The van der Waals surface area contributed by atoms with E-state index in [0.29, 0.717) is 0 Å². The van der Waals surface area contributed by atoms with Gasteiger partial charge in [0.25, 0.3) is 5.91 Å². The summed E-state index contributed by atoms with van der Waals surface area (Å²) in [6, 6.07) is 9.05. The van der Waals surface area contributed by atoms with E-state index in [0.717, 1.165) is 6.07 Å². The number of ether oxygens (including phenoxy) is 2. The fraction of sp³-hybridized carbons (Fsp3) is 0.118. The molecular weight excluding hydrogens is 317 g/mol. The first-order valence-corrected chi connectivity index (χ1v) is 6.84. The maximum atomic E-state index is 13.2. The fourth-order valence-electron chi connectivity index (χ4n) is 2.00. The quantitative estimate of drug-likeness (QED) is 0.871. The van der Waals surface area contributed by atoms with Crippen LogP contribution in [0.1, 0.15) is 31.1 Å². The van der Waals surface area contributed by atoms with E-state index in [2.05, 4.69) is 14.8 Å². The van der Waals surface area contributed by atoms with E-state index in [4.69, 9.17) is 0 Å². The summed E-state index contributed by atoms with van der Waals surface area (Å²) in [4.78, 5) is 35.7. The Morgan fingerprint density at radius 2 is 1.62 bits per heavy atom. The number of methoxy groups -OCH3 is 2. The van der Waals surface area contributed by atoms with E-state index in [1.807, 2.05) is 0 Å². The van der Waals surface area contributed by atoms with Crippen molar-refractivity contribution in [3.05, 3.63) is 65.0 Å². The van der Waals surface area contributed by atoms with Gasteiger partial charge in [-0.1, -0.05) is 6.07 Å². The Morgan fingerprint density at radius 1 is 0.917 bits per heavy atom. The van der Waals surface area contributed by atoms with Gasteiger partial charge in [-0.15, -0.1) is 0 Å². The summed E-state index contributed by atoms with van der Waals surface area (Å²) in [7, 11) is 2.40. The largest absolute Gasteiger partial charge is 0.465 e. The predicted molar refractivity (Wildman–Crippen MR) is 83.5 cm³/mol. The van der Waals surface area contributed by atoms with Crippen LogP contribution >= 0.6 is 0 Å². The van der Waals surface area contributed by atoms with Crippen molar-refractivity contribution in [2.45, 2.75) is 0 Å². The van der Waals surface area contributed by atoms with E-state index in [1.165, 1.54) is 50.6 Å². The molecule has 6 nitrogen and oxygen atoms in total. The van der Waals surface area contributed by atoms with Crippen LogP contribution in [0.25, 0.3) is 0 Å². The Balaban J connectivity index is 2.40. The lowest BCUT2D eigenvalue weighted by Gasteiger charge is -2.11. The van der Waals surface area contributed by atoms with Crippen LogP contribution in [-0.4, -0.2) is 32.1 Å². The number of amides is 1. The molecule has 0 aromatic heterocycles. The molecule has 1 N–H and O–H groups in total. The molecule has 0 radical (unpaired) electrons. The monoisotopic (exact) mass is 331 g/mol. The van der Waals surface area contributed by atoms with Crippen LogP contribution < -0.4 is 5.32 Å². The molecule has 0 aliphatic rings. The summed E-state index contributed by atoms with van der Waals surface area (Å²) in [5, 5.41) is 2.47. The van der Waals surface area contributed by atoms with Gasteiger partial charge in [0.2, 0.25) is 0 Å². The summed E-state index contributed by atoms with van der Waals surface area (Å²) in [5.41, 5.74) is 0.308. The molecule has 0 spiro atoms. The number of hydrogen-bond acceptors (Lipinski definition) is 5. The minimum Gasteiger partial charge on any atom is -0.465 e. The highest BCUT2D eigenvalue weighted by Gasteiger charge is 2.18. The maximum absolute atomic E-state index is 13.2. The third-order valence-electron chi connectivity index (χ3n) is 3.18. The van der Waals surface area contributed by atoms with Gasteiger partial charge in [0, 0.05) is 5.56 Å². The van der Waals surface area contributed by atoms with Gasteiger partial charge in [0.1, 0.15) is 5.82 Å². The molecule has 0 heterocycles. The standard InChI is InChI=1S/C17H14FNO5/c1-23-16(21)11-6-7-13(17(22)24-2)14(9-11)19-15(20)10-4-3-5-12(18)8-10/h3-9H,1-2H3,(H,19,20). The van der Waals surface area contributed by atoms with E-state index >= 15 is 0 Å². The summed E-state index contributed by atoms with van der Waals surface area (Å²) in [6.45, 7) is 0. The van der Waals surface area contributed by atoms with E-state index < -0.39 is 23.7 Å². The Morgan fingerprint density at radius 3 is 2.25 bits per heavy atom. The lowest BCUT2D eigenvalue weighted by molar-refractivity contribution is 0.0587. The SMILES string of the molecule is COC(=O)c1ccc(C(=O)OC)c(NC(=O)c2cccc(F)c2)c1. The fourth-order valence-corrected chi connectivity index (χ4v) is 2.00. The number of carbonyl (C=O) groups excluding carboxylic acids is 3. The van der Waals surface area contributed by atoms with Gasteiger partial charge in [-0.25, -0.2) is 14.0 Å². The second-order valence-electron chi connectivity index (χ2n) is 4.71. The van der Waals surface area contributed by atoms with Crippen LogP contribution in [0.15, 0.2) is 42.5 Å². The van der Waals surface area contributed by atoms with Crippen LogP contribution in [0.5, 0.6) is 0 Å². The van der Waals surface area contributed by atoms with Crippen molar-refractivity contribution < 1.29 is 28.2 Å². The Labute approximate surface area is 137 Å². The van der Waals surface area contributed by atoms with Crippen molar-refractivity contribution in [2.24, 2.45) is 0 Å². The summed E-state index contributed by atoms with van der Waals surface area (Å²) >= 11 is 0. The molecule has 1 amide bonds.